The Labute approximate surface area is 188 Å². The molecule has 2 aromatic heterocycles. The molecule has 4 aromatic rings. The first kappa shape index (κ1) is 20.3. The van der Waals surface area contributed by atoms with Crippen molar-refractivity contribution in [3.05, 3.63) is 83.8 Å². The van der Waals surface area contributed by atoms with Crippen LogP contribution in [-0.2, 0) is 6.54 Å². The zero-order valence-corrected chi connectivity index (χ0v) is 18.3. The molecule has 1 aliphatic heterocycles. The van der Waals surface area contributed by atoms with Crippen molar-refractivity contribution in [1.29, 1.82) is 0 Å². The van der Waals surface area contributed by atoms with E-state index in [1.165, 1.54) is 11.3 Å². The normalized spacial score (nSPS) is 15.0. The Morgan fingerprint density at radius 2 is 1.75 bits per heavy atom. The highest BCUT2D eigenvalue weighted by Gasteiger charge is 2.19. The largest absolute Gasteiger partial charge is 0.379 e. The van der Waals surface area contributed by atoms with E-state index in [1.807, 2.05) is 42.7 Å². The van der Waals surface area contributed by atoms with Crippen LogP contribution in [0.2, 0.25) is 0 Å². The van der Waals surface area contributed by atoms with Gasteiger partial charge in [-0.2, -0.15) is 5.10 Å². The third-order valence-corrected chi connectivity index (χ3v) is 6.02. The van der Waals surface area contributed by atoms with Gasteiger partial charge in [0.2, 0.25) is 0 Å². The summed E-state index contributed by atoms with van der Waals surface area (Å²) in [6.07, 6.45) is 7.86. The number of nitrogens with zero attached hydrogens (tertiary/aromatic N) is 4. The Kier molecular flexibility index (Phi) is 5.85. The Morgan fingerprint density at radius 3 is 2.53 bits per heavy atom. The van der Waals surface area contributed by atoms with Crippen LogP contribution in [-0.4, -0.2) is 53.3 Å². The zero-order chi connectivity index (χ0) is 21.8. The molecule has 0 amide bonds. The molecule has 0 radical (unpaired) electrons. The molecule has 0 unspecified atom stereocenters. The number of anilines is 2. The van der Waals surface area contributed by atoms with Gasteiger partial charge < -0.3 is 15.1 Å². The van der Waals surface area contributed by atoms with E-state index in [-0.39, 0.29) is 0 Å². The predicted octanol–water partition coefficient (Wildman–Crippen LogP) is 4.49. The maximum absolute atomic E-state index is 4.59. The maximum Gasteiger partial charge on any atom is 0.0928 e. The van der Waals surface area contributed by atoms with Crippen LogP contribution in [0.25, 0.3) is 23.1 Å². The van der Waals surface area contributed by atoms with Crippen molar-refractivity contribution in [2.75, 3.05) is 43.4 Å². The van der Waals surface area contributed by atoms with Crippen molar-refractivity contribution in [3.8, 4) is 0 Å². The number of piperazine rings is 1. The van der Waals surface area contributed by atoms with E-state index < -0.39 is 0 Å². The third kappa shape index (κ3) is 4.50. The molecule has 2 aromatic carbocycles. The van der Waals surface area contributed by atoms with E-state index >= 15 is 0 Å². The standard InChI is InChI=1S/C26H28N6/c1-31-13-15-32(16-14-31)26-18-24-22(17-25(26)28-19-21-9-11-27-12-10-21)23(29-30-24)8-7-20-5-3-2-4-6-20/h2-12,17-18,28H,13-16,19H2,1H3,(H,29,30)/b8-7+. The van der Waals surface area contributed by atoms with E-state index in [0.717, 1.165) is 60.6 Å². The van der Waals surface area contributed by atoms with Gasteiger partial charge in [-0.3, -0.25) is 10.1 Å². The van der Waals surface area contributed by atoms with Gasteiger partial charge in [0.25, 0.3) is 0 Å². The summed E-state index contributed by atoms with van der Waals surface area (Å²) in [5.74, 6) is 0. The molecule has 2 N–H and O–H groups in total. The van der Waals surface area contributed by atoms with Crippen molar-refractivity contribution in [2.45, 2.75) is 6.54 Å². The summed E-state index contributed by atoms with van der Waals surface area (Å²) < 4.78 is 0. The summed E-state index contributed by atoms with van der Waals surface area (Å²) in [4.78, 5) is 8.97. The van der Waals surface area contributed by atoms with Crippen LogP contribution in [0, 0.1) is 0 Å². The first-order chi connectivity index (χ1) is 15.8. The number of hydrogen-bond donors (Lipinski definition) is 2. The van der Waals surface area contributed by atoms with Gasteiger partial charge in [-0.1, -0.05) is 36.4 Å². The lowest BCUT2D eigenvalue weighted by Crippen LogP contribution is -2.44. The summed E-state index contributed by atoms with van der Waals surface area (Å²) in [5.41, 5.74) is 6.73. The van der Waals surface area contributed by atoms with Crippen molar-refractivity contribution in [3.63, 3.8) is 0 Å². The van der Waals surface area contributed by atoms with Crippen LogP contribution >= 0.6 is 0 Å². The van der Waals surface area contributed by atoms with Crippen LogP contribution in [0.4, 0.5) is 11.4 Å². The van der Waals surface area contributed by atoms with Crippen molar-refractivity contribution in [2.24, 2.45) is 0 Å². The average molecular weight is 425 g/mol. The third-order valence-electron chi connectivity index (χ3n) is 6.02. The van der Waals surface area contributed by atoms with Gasteiger partial charge in [0.15, 0.2) is 0 Å². The molecule has 3 heterocycles. The van der Waals surface area contributed by atoms with E-state index in [1.54, 1.807) is 0 Å². The molecule has 6 heteroatoms. The molecule has 32 heavy (non-hydrogen) atoms. The number of H-pyrrole nitrogens is 1. The molecule has 5 rings (SSSR count). The van der Waals surface area contributed by atoms with Gasteiger partial charge >= 0.3 is 0 Å². The Morgan fingerprint density at radius 1 is 0.969 bits per heavy atom. The molecule has 0 saturated carbocycles. The zero-order valence-electron chi connectivity index (χ0n) is 18.3. The lowest BCUT2D eigenvalue weighted by atomic mass is 10.1. The fraction of sp³-hybridized carbons (Fsp3) is 0.231. The quantitative estimate of drug-likeness (QED) is 0.478. The van der Waals surface area contributed by atoms with Gasteiger partial charge in [0, 0.05) is 50.5 Å². The van der Waals surface area contributed by atoms with Crippen LogP contribution in [0.15, 0.2) is 67.0 Å². The molecule has 0 atom stereocenters. The smallest absolute Gasteiger partial charge is 0.0928 e. The molecule has 0 spiro atoms. The van der Waals surface area contributed by atoms with Crippen LogP contribution < -0.4 is 10.2 Å². The highest BCUT2D eigenvalue weighted by atomic mass is 15.3. The number of hydrogen-bond acceptors (Lipinski definition) is 5. The first-order valence-corrected chi connectivity index (χ1v) is 11.1. The minimum Gasteiger partial charge on any atom is -0.379 e. The highest BCUT2D eigenvalue weighted by Crippen LogP contribution is 2.33. The van der Waals surface area contributed by atoms with Crippen LogP contribution in [0.5, 0.6) is 0 Å². The predicted molar refractivity (Wildman–Crippen MR) is 133 cm³/mol. The van der Waals surface area contributed by atoms with E-state index in [9.17, 15) is 0 Å². The molecular formula is C26H28N6. The van der Waals surface area contributed by atoms with Gasteiger partial charge in [-0.05, 0) is 48.5 Å². The fourth-order valence-corrected chi connectivity index (χ4v) is 4.09. The summed E-state index contributed by atoms with van der Waals surface area (Å²) in [6.45, 7) is 4.91. The number of fused-ring (bicyclic) bond motifs is 1. The number of rotatable bonds is 6. The van der Waals surface area contributed by atoms with E-state index in [2.05, 4.69) is 73.8 Å². The molecule has 0 aliphatic carbocycles. The highest BCUT2D eigenvalue weighted by molar-refractivity contribution is 5.96. The lowest BCUT2D eigenvalue weighted by Gasteiger charge is -2.35. The molecular weight excluding hydrogens is 396 g/mol. The second-order valence-corrected chi connectivity index (χ2v) is 8.27. The Hall–Kier alpha value is -3.64. The molecule has 1 fully saturated rings. The molecule has 162 valence electrons. The minimum atomic E-state index is 0.752. The minimum absolute atomic E-state index is 0.752. The van der Waals surface area contributed by atoms with Gasteiger partial charge in [-0.15, -0.1) is 0 Å². The number of aromatic nitrogens is 3. The molecule has 0 bridgehead atoms. The second-order valence-electron chi connectivity index (χ2n) is 8.27. The van der Waals surface area contributed by atoms with Gasteiger partial charge in [0.05, 0.1) is 22.6 Å². The van der Waals surface area contributed by atoms with Crippen molar-refractivity contribution < 1.29 is 0 Å². The number of aromatic amines is 1. The lowest BCUT2D eigenvalue weighted by molar-refractivity contribution is 0.313. The summed E-state index contributed by atoms with van der Waals surface area (Å²) in [7, 11) is 2.18. The van der Waals surface area contributed by atoms with Gasteiger partial charge in [0.1, 0.15) is 0 Å². The number of pyridine rings is 1. The second kappa shape index (κ2) is 9.24. The molecule has 1 aliphatic rings. The topological polar surface area (TPSA) is 60.1 Å². The van der Waals surface area contributed by atoms with E-state index in [4.69, 9.17) is 0 Å². The monoisotopic (exact) mass is 424 g/mol. The van der Waals surface area contributed by atoms with Gasteiger partial charge in [-0.25, -0.2) is 0 Å². The Balaban J connectivity index is 1.49. The fourth-order valence-electron chi connectivity index (χ4n) is 4.09. The molecule has 6 nitrogen and oxygen atoms in total. The van der Waals surface area contributed by atoms with E-state index in [0.29, 0.717) is 0 Å². The first-order valence-electron chi connectivity index (χ1n) is 11.1. The number of likely N-dealkylation sites (N-methyl/N-ethyl adjacent to an activating group) is 1. The van der Waals surface area contributed by atoms with Crippen LogP contribution in [0.3, 0.4) is 0 Å². The number of nitrogens with one attached hydrogen (secondary N) is 2. The Bertz CT molecular complexity index is 1190. The SMILES string of the molecule is CN1CCN(c2cc3[nH]nc(/C=C/c4ccccc4)c3cc2NCc2ccncc2)CC1. The number of benzene rings is 2. The summed E-state index contributed by atoms with van der Waals surface area (Å²) in [5, 5.41) is 12.6. The average Bonchev–Trinajstić information content (AvgIpc) is 3.24. The van der Waals surface area contributed by atoms with Crippen molar-refractivity contribution >= 4 is 34.4 Å². The summed E-state index contributed by atoms with van der Waals surface area (Å²) >= 11 is 0. The molecule has 1 saturated heterocycles. The summed E-state index contributed by atoms with van der Waals surface area (Å²) in [6, 6.07) is 18.9. The van der Waals surface area contributed by atoms with Crippen LogP contribution in [0.1, 0.15) is 16.8 Å². The maximum atomic E-state index is 4.59. The van der Waals surface area contributed by atoms with Crippen molar-refractivity contribution in [1.82, 2.24) is 20.1 Å².